The largest absolute Gasteiger partial charge is 0.376 e. The third kappa shape index (κ3) is 4.25. The van der Waals surface area contributed by atoms with Crippen LogP contribution in [0.15, 0.2) is 42.5 Å². The maximum Gasteiger partial charge on any atom is 0.269 e. The number of rotatable bonds is 6. The standard InChI is InChI=1S/C20H18FN3O4S/c21-16-4-1-5-17-19(16)22-20(29-17)23(12-15-3-2-10-28-15)18(25)11-13-6-8-14(9-7-13)24(26)27/h1,4-9,15H,2-3,10-12H2. The lowest BCUT2D eigenvalue weighted by molar-refractivity contribution is -0.384. The first-order chi connectivity index (χ1) is 14.0. The predicted octanol–water partition coefficient (Wildman–Crippen LogP) is 4.10. The van der Waals surface area contributed by atoms with Gasteiger partial charge in [0, 0.05) is 18.7 Å². The number of nitro groups is 1. The minimum absolute atomic E-state index is 0.0286. The van der Waals surface area contributed by atoms with Crippen molar-refractivity contribution in [3.63, 3.8) is 0 Å². The Hall–Kier alpha value is -2.91. The zero-order valence-corrected chi connectivity index (χ0v) is 16.2. The number of nitrogens with zero attached hydrogens (tertiary/aromatic N) is 3. The van der Waals surface area contributed by atoms with Gasteiger partial charge in [0.05, 0.1) is 28.7 Å². The molecule has 2 heterocycles. The Morgan fingerprint density at radius 3 is 2.76 bits per heavy atom. The molecule has 4 rings (SSSR count). The van der Waals surface area contributed by atoms with Gasteiger partial charge in [0.2, 0.25) is 5.91 Å². The van der Waals surface area contributed by atoms with Crippen molar-refractivity contribution in [2.75, 3.05) is 18.1 Å². The van der Waals surface area contributed by atoms with E-state index in [1.54, 1.807) is 29.2 Å². The summed E-state index contributed by atoms with van der Waals surface area (Å²) < 4.78 is 20.4. The first-order valence-corrected chi connectivity index (χ1v) is 10.0. The van der Waals surface area contributed by atoms with Crippen LogP contribution in [-0.4, -0.2) is 35.1 Å². The highest BCUT2D eigenvalue weighted by Crippen LogP contribution is 2.31. The monoisotopic (exact) mass is 415 g/mol. The lowest BCUT2D eigenvalue weighted by Gasteiger charge is -2.23. The van der Waals surface area contributed by atoms with Gasteiger partial charge in [-0.05, 0) is 30.5 Å². The van der Waals surface area contributed by atoms with Crippen molar-refractivity contribution in [1.29, 1.82) is 0 Å². The van der Waals surface area contributed by atoms with Gasteiger partial charge in [0.15, 0.2) is 5.13 Å². The maximum atomic E-state index is 14.1. The molecule has 1 aromatic heterocycles. The molecule has 0 bridgehead atoms. The second kappa shape index (κ2) is 8.22. The highest BCUT2D eigenvalue weighted by atomic mass is 32.1. The number of nitro benzene ring substituents is 1. The van der Waals surface area contributed by atoms with Crippen molar-refractivity contribution in [1.82, 2.24) is 4.98 Å². The number of non-ortho nitro benzene ring substituents is 1. The average Bonchev–Trinajstić information content (AvgIpc) is 3.36. The molecular weight excluding hydrogens is 397 g/mol. The highest BCUT2D eigenvalue weighted by molar-refractivity contribution is 7.22. The van der Waals surface area contributed by atoms with Crippen LogP contribution in [0.5, 0.6) is 0 Å². The van der Waals surface area contributed by atoms with E-state index >= 15 is 0 Å². The van der Waals surface area contributed by atoms with Crippen molar-refractivity contribution in [3.05, 3.63) is 64.0 Å². The Kier molecular flexibility index (Phi) is 5.50. The van der Waals surface area contributed by atoms with Crippen LogP contribution in [-0.2, 0) is 16.0 Å². The number of para-hydroxylation sites is 1. The summed E-state index contributed by atoms with van der Waals surface area (Å²) in [5, 5.41) is 11.2. The van der Waals surface area contributed by atoms with Gasteiger partial charge in [-0.15, -0.1) is 0 Å². The molecule has 0 spiro atoms. The molecule has 0 aliphatic carbocycles. The Labute approximate surface area is 169 Å². The van der Waals surface area contributed by atoms with E-state index in [9.17, 15) is 19.3 Å². The molecule has 0 N–H and O–H groups in total. The molecule has 9 heteroatoms. The first kappa shape index (κ1) is 19.4. The van der Waals surface area contributed by atoms with Crippen molar-refractivity contribution in [2.24, 2.45) is 0 Å². The second-order valence-corrected chi connectivity index (χ2v) is 7.83. The lowest BCUT2D eigenvalue weighted by atomic mass is 10.1. The Morgan fingerprint density at radius 2 is 2.10 bits per heavy atom. The molecule has 29 heavy (non-hydrogen) atoms. The normalized spacial score (nSPS) is 16.2. The number of aromatic nitrogens is 1. The second-order valence-electron chi connectivity index (χ2n) is 6.82. The van der Waals surface area contributed by atoms with E-state index in [0.29, 0.717) is 28.5 Å². The maximum absolute atomic E-state index is 14.1. The third-order valence-electron chi connectivity index (χ3n) is 4.80. The van der Waals surface area contributed by atoms with E-state index in [4.69, 9.17) is 4.74 Å². The number of thiazole rings is 1. The van der Waals surface area contributed by atoms with E-state index in [-0.39, 0.29) is 29.6 Å². The van der Waals surface area contributed by atoms with E-state index in [0.717, 1.165) is 12.8 Å². The summed E-state index contributed by atoms with van der Waals surface area (Å²) in [6.45, 7) is 0.997. The minimum atomic E-state index is -0.481. The molecule has 0 radical (unpaired) electrons. The summed E-state index contributed by atoms with van der Waals surface area (Å²) >= 11 is 1.26. The third-order valence-corrected chi connectivity index (χ3v) is 5.85. The molecule has 1 aliphatic heterocycles. The van der Waals surface area contributed by atoms with Gasteiger partial charge in [0.25, 0.3) is 5.69 Å². The molecule has 1 fully saturated rings. The number of halogens is 1. The highest BCUT2D eigenvalue weighted by Gasteiger charge is 2.26. The van der Waals surface area contributed by atoms with Crippen molar-refractivity contribution in [3.8, 4) is 0 Å². The number of benzene rings is 2. The average molecular weight is 415 g/mol. The lowest BCUT2D eigenvalue weighted by Crippen LogP contribution is -2.38. The van der Waals surface area contributed by atoms with Crippen LogP contribution >= 0.6 is 11.3 Å². The van der Waals surface area contributed by atoms with Gasteiger partial charge < -0.3 is 4.74 Å². The number of carbonyl (C=O) groups excluding carboxylic acids is 1. The predicted molar refractivity (Wildman–Crippen MR) is 108 cm³/mol. The van der Waals surface area contributed by atoms with Crippen molar-refractivity contribution >= 4 is 38.3 Å². The molecule has 3 aromatic rings. The molecule has 1 aliphatic rings. The molecule has 150 valence electrons. The summed E-state index contributed by atoms with van der Waals surface area (Å²) in [6.07, 6.45) is 1.75. The van der Waals surface area contributed by atoms with Crippen LogP contribution in [0.2, 0.25) is 0 Å². The summed E-state index contributed by atoms with van der Waals surface area (Å²) in [4.78, 5) is 29.3. The molecule has 1 atom stereocenters. The molecule has 7 nitrogen and oxygen atoms in total. The number of fused-ring (bicyclic) bond motifs is 1. The van der Waals surface area contributed by atoms with Crippen molar-refractivity contribution < 1.29 is 18.8 Å². The number of anilines is 1. The zero-order valence-electron chi connectivity index (χ0n) is 15.4. The smallest absolute Gasteiger partial charge is 0.269 e. The fourth-order valence-corrected chi connectivity index (χ4v) is 4.31. The topological polar surface area (TPSA) is 85.6 Å². The Bertz CT molecular complexity index is 1050. The number of amides is 1. The van der Waals surface area contributed by atoms with Gasteiger partial charge in [-0.25, -0.2) is 9.37 Å². The zero-order chi connectivity index (χ0) is 20.4. The number of carbonyl (C=O) groups is 1. The fraction of sp³-hybridized carbons (Fsp3) is 0.300. The minimum Gasteiger partial charge on any atom is -0.376 e. The Morgan fingerprint density at radius 1 is 1.31 bits per heavy atom. The number of ether oxygens (including phenoxy) is 1. The van der Waals surface area contributed by atoms with Gasteiger partial charge in [0.1, 0.15) is 11.3 Å². The number of hydrogen-bond acceptors (Lipinski definition) is 6. The van der Waals surface area contributed by atoms with Crippen molar-refractivity contribution in [2.45, 2.75) is 25.4 Å². The van der Waals surface area contributed by atoms with Gasteiger partial charge in [-0.2, -0.15) is 0 Å². The van der Waals surface area contributed by atoms with E-state index < -0.39 is 10.7 Å². The van der Waals surface area contributed by atoms with Crippen LogP contribution in [0.1, 0.15) is 18.4 Å². The molecule has 1 unspecified atom stereocenters. The Balaban J connectivity index is 1.60. The van der Waals surface area contributed by atoms with Crippen LogP contribution in [0.25, 0.3) is 10.2 Å². The number of hydrogen-bond donors (Lipinski definition) is 0. The van der Waals surface area contributed by atoms with Crippen LogP contribution < -0.4 is 4.90 Å². The van der Waals surface area contributed by atoms with Gasteiger partial charge in [-0.1, -0.05) is 29.5 Å². The summed E-state index contributed by atoms with van der Waals surface area (Å²) in [5.74, 6) is -0.640. The van der Waals surface area contributed by atoms with Gasteiger partial charge >= 0.3 is 0 Å². The summed E-state index contributed by atoms with van der Waals surface area (Å²) in [7, 11) is 0. The molecular formula is C20H18FN3O4S. The fourth-order valence-electron chi connectivity index (χ4n) is 3.30. The molecule has 2 aromatic carbocycles. The SMILES string of the molecule is O=C(Cc1ccc([N+](=O)[O-])cc1)N(CC1CCCO1)c1nc2c(F)cccc2s1. The first-order valence-electron chi connectivity index (χ1n) is 9.21. The van der Waals surface area contributed by atoms with E-state index in [1.165, 1.54) is 29.5 Å². The molecule has 1 saturated heterocycles. The molecule has 1 amide bonds. The van der Waals surface area contributed by atoms with E-state index in [1.807, 2.05) is 0 Å². The van der Waals surface area contributed by atoms with Gasteiger partial charge in [-0.3, -0.25) is 19.8 Å². The molecule has 0 saturated carbocycles. The summed E-state index contributed by atoms with van der Waals surface area (Å²) in [6, 6.07) is 10.6. The summed E-state index contributed by atoms with van der Waals surface area (Å²) in [5.41, 5.74) is 0.872. The van der Waals surface area contributed by atoms with E-state index in [2.05, 4.69) is 4.98 Å². The van der Waals surface area contributed by atoms with Crippen LogP contribution in [0, 0.1) is 15.9 Å². The quantitative estimate of drug-likeness (QED) is 0.447. The van der Waals surface area contributed by atoms with Crippen LogP contribution in [0.3, 0.4) is 0 Å². The van der Waals surface area contributed by atoms with Crippen LogP contribution in [0.4, 0.5) is 15.2 Å².